The highest BCUT2D eigenvalue weighted by atomic mass is 35.5. The standard InChI is InChI=1S/C21H28ClFN4O4S/c1-7-11(2)19(22)24-12(3)20(29)25-15-8-9-27(10-16(15)30-6)21-26-17(13(4)28)18(32-21)14(5)31-23/h15-16H,5,7-10H2,1-4,6H3,(H,25,29)/b19-11+,24-12+/t15?,16-/m0/s1. The van der Waals surface area contributed by atoms with Crippen LogP contribution in [0, 0.1) is 0 Å². The maximum absolute atomic E-state index is 12.6. The molecule has 1 aromatic heterocycles. The smallest absolute Gasteiger partial charge is 0.265 e. The molecular weight excluding hydrogens is 459 g/mol. The highest BCUT2D eigenvalue weighted by Gasteiger charge is 2.33. The van der Waals surface area contributed by atoms with Crippen molar-refractivity contribution in [3.63, 3.8) is 0 Å². The molecule has 1 N–H and O–H groups in total. The Balaban J connectivity index is 2.14. The van der Waals surface area contributed by atoms with Crippen LogP contribution in [0.25, 0.3) is 5.76 Å². The molecule has 1 fully saturated rings. The van der Waals surface area contributed by atoms with E-state index in [0.717, 1.165) is 23.3 Å². The Bertz CT molecular complexity index is 946. The highest BCUT2D eigenvalue weighted by molar-refractivity contribution is 7.17. The van der Waals surface area contributed by atoms with Gasteiger partial charge in [-0.3, -0.25) is 14.5 Å². The van der Waals surface area contributed by atoms with Crippen molar-refractivity contribution >= 4 is 51.2 Å². The topological polar surface area (TPSA) is 93.1 Å². The molecular formula is C21H28ClFN4O4S. The van der Waals surface area contributed by atoms with Gasteiger partial charge >= 0.3 is 0 Å². The van der Waals surface area contributed by atoms with Gasteiger partial charge in [0.05, 0.1) is 12.1 Å². The number of allylic oxidation sites excluding steroid dienone is 1. The van der Waals surface area contributed by atoms with Gasteiger partial charge in [-0.2, -0.15) is 0 Å². The fraction of sp³-hybridized carbons (Fsp3) is 0.524. The number of Topliss-reactive ketones (excluding diaryl/α,β-unsaturated/α-hetero) is 1. The van der Waals surface area contributed by atoms with E-state index in [1.165, 1.54) is 6.92 Å². The van der Waals surface area contributed by atoms with Crippen LogP contribution in [0.4, 0.5) is 9.66 Å². The molecule has 32 heavy (non-hydrogen) atoms. The van der Waals surface area contributed by atoms with Crippen molar-refractivity contribution in [3.05, 3.63) is 27.9 Å². The number of aromatic nitrogens is 1. The first-order valence-electron chi connectivity index (χ1n) is 10.1. The number of nitrogens with zero attached hydrogens (tertiary/aromatic N) is 3. The SMILES string of the molecule is C=C(OF)c1sc(N2CCC(NC(=O)/C(C)=N/C(Cl)=C(\C)CC)[C@@H](OC)C2)nc1C(C)=O. The number of rotatable bonds is 9. The lowest BCUT2D eigenvalue weighted by atomic mass is 10.0. The molecule has 2 atom stereocenters. The number of piperidine rings is 1. The van der Waals surface area contributed by atoms with Crippen LogP contribution in [-0.2, 0) is 14.5 Å². The summed E-state index contributed by atoms with van der Waals surface area (Å²) in [5, 5.41) is 3.80. The van der Waals surface area contributed by atoms with E-state index in [2.05, 4.69) is 26.8 Å². The zero-order valence-electron chi connectivity index (χ0n) is 18.8. The molecule has 1 aliphatic rings. The Morgan fingerprint density at radius 1 is 1.41 bits per heavy atom. The average molecular weight is 487 g/mol. The molecule has 2 rings (SSSR count). The Morgan fingerprint density at radius 2 is 2.09 bits per heavy atom. The Kier molecular flexibility index (Phi) is 9.35. The molecule has 1 aliphatic heterocycles. The molecule has 1 unspecified atom stereocenters. The third kappa shape index (κ3) is 6.14. The number of hydrogen-bond donors (Lipinski definition) is 1. The second-order valence-corrected chi connectivity index (χ2v) is 8.78. The lowest BCUT2D eigenvalue weighted by molar-refractivity contribution is -0.116. The maximum Gasteiger partial charge on any atom is 0.265 e. The monoisotopic (exact) mass is 486 g/mol. The highest BCUT2D eigenvalue weighted by Crippen LogP contribution is 2.33. The Labute approximate surface area is 196 Å². The van der Waals surface area contributed by atoms with Crippen molar-refractivity contribution in [3.8, 4) is 0 Å². The number of anilines is 1. The number of aliphatic imine (C=N–C) groups is 1. The van der Waals surface area contributed by atoms with Crippen LogP contribution in [0.2, 0.25) is 0 Å². The maximum atomic E-state index is 12.6. The lowest BCUT2D eigenvalue weighted by Gasteiger charge is -2.37. The predicted molar refractivity (Wildman–Crippen MR) is 125 cm³/mol. The average Bonchev–Trinajstić information content (AvgIpc) is 3.23. The molecule has 1 saturated heterocycles. The zero-order chi connectivity index (χ0) is 24.0. The van der Waals surface area contributed by atoms with E-state index in [1.807, 2.05) is 18.7 Å². The van der Waals surface area contributed by atoms with Crippen molar-refractivity contribution < 1.29 is 23.8 Å². The summed E-state index contributed by atoms with van der Waals surface area (Å²) in [6, 6.07) is -0.250. The number of thiazole rings is 1. The molecule has 0 spiro atoms. The molecule has 0 aromatic carbocycles. The molecule has 1 aromatic rings. The quantitative estimate of drug-likeness (QED) is 0.242. The van der Waals surface area contributed by atoms with Gasteiger partial charge in [0.1, 0.15) is 21.4 Å². The summed E-state index contributed by atoms with van der Waals surface area (Å²) in [4.78, 5) is 38.9. The fourth-order valence-electron chi connectivity index (χ4n) is 3.11. The first kappa shape index (κ1) is 26.0. The minimum absolute atomic E-state index is 0.108. The van der Waals surface area contributed by atoms with E-state index in [4.69, 9.17) is 16.3 Å². The largest absolute Gasteiger partial charge is 0.377 e. The van der Waals surface area contributed by atoms with E-state index < -0.39 is 0 Å². The summed E-state index contributed by atoms with van der Waals surface area (Å²) in [6.45, 7) is 11.2. The number of hydrogen-bond acceptors (Lipinski definition) is 8. The number of amides is 1. The number of methoxy groups -OCH3 is 1. The number of carbonyl (C=O) groups is 2. The van der Waals surface area contributed by atoms with Gasteiger partial charge in [0.2, 0.25) is 0 Å². The normalized spacial score (nSPS) is 20.0. The summed E-state index contributed by atoms with van der Waals surface area (Å²) >= 11 is 7.26. The summed E-state index contributed by atoms with van der Waals surface area (Å²) < 4.78 is 18.2. The van der Waals surface area contributed by atoms with Crippen molar-refractivity contribution in [1.29, 1.82) is 0 Å². The van der Waals surface area contributed by atoms with E-state index >= 15 is 0 Å². The van der Waals surface area contributed by atoms with E-state index in [0.29, 0.717) is 29.8 Å². The van der Waals surface area contributed by atoms with Crippen molar-refractivity contribution in [2.45, 2.75) is 52.7 Å². The third-order valence-electron chi connectivity index (χ3n) is 5.22. The minimum atomic E-state index is -0.336. The van der Waals surface area contributed by atoms with Gasteiger partial charge < -0.3 is 15.0 Å². The van der Waals surface area contributed by atoms with Gasteiger partial charge in [-0.25, -0.2) is 9.98 Å². The fourth-order valence-corrected chi connectivity index (χ4v) is 4.42. The van der Waals surface area contributed by atoms with E-state index in [9.17, 15) is 14.1 Å². The Morgan fingerprint density at radius 3 is 2.66 bits per heavy atom. The number of ether oxygens (including phenoxy) is 1. The molecule has 0 saturated carbocycles. The van der Waals surface area contributed by atoms with Gasteiger partial charge in [0, 0.05) is 31.6 Å². The van der Waals surface area contributed by atoms with Crippen molar-refractivity contribution in [2.75, 3.05) is 25.1 Å². The van der Waals surface area contributed by atoms with Crippen LogP contribution in [0.1, 0.15) is 55.9 Å². The van der Waals surface area contributed by atoms with Crippen LogP contribution in [0.3, 0.4) is 0 Å². The summed E-state index contributed by atoms with van der Waals surface area (Å²) in [7, 11) is 1.56. The van der Waals surface area contributed by atoms with Crippen LogP contribution < -0.4 is 10.2 Å². The van der Waals surface area contributed by atoms with Gasteiger partial charge in [-0.1, -0.05) is 36.4 Å². The van der Waals surface area contributed by atoms with Crippen LogP contribution in [0.5, 0.6) is 0 Å². The predicted octanol–water partition coefficient (Wildman–Crippen LogP) is 4.27. The molecule has 1 amide bonds. The van der Waals surface area contributed by atoms with Crippen molar-refractivity contribution in [2.24, 2.45) is 4.99 Å². The lowest BCUT2D eigenvalue weighted by Crippen LogP contribution is -2.55. The molecule has 0 bridgehead atoms. The number of ketones is 1. The molecule has 2 heterocycles. The molecule has 11 heteroatoms. The van der Waals surface area contributed by atoms with Crippen LogP contribution >= 0.6 is 22.9 Å². The van der Waals surface area contributed by atoms with Gasteiger partial charge in [-0.15, -0.1) is 0 Å². The summed E-state index contributed by atoms with van der Waals surface area (Å²) in [5.74, 6) is -0.892. The third-order valence-corrected chi connectivity index (χ3v) is 6.79. The van der Waals surface area contributed by atoms with Gasteiger partial charge in [0.15, 0.2) is 16.7 Å². The minimum Gasteiger partial charge on any atom is -0.377 e. The number of halogens is 2. The van der Waals surface area contributed by atoms with Crippen molar-refractivity contribution in [1.82, 2.24) is 10.3 Å². The van der Waals surface area contributed by atoms with Gasteiger partial charge in [0.25, 0.3) is 5.91 Å². The second kappa shape index (κ2) is 11.5. The van der Waals surface area contributed by atoms with E-state index in [-0.39, 0.29) is 45.9 Å². The summed E-state index contributed by atoms with van der Waals surface area (Å²) in [5.41, 5.74) is 1.27. The second-order valence-electron chi connectivity index (χ2n) is 7.44. The molecule has 0 aliphatic carbocycles. The Hall–Kier alpha value is -2.30. The van der Waals surface area contributed by atoms with Crippen LogP contribution in [-0.4, -0.2) is 54.7 Å². The molecule has 176 valence electrons. The molecule has 8 nitrogen and oxygen atoms in total. The summed E-state index contributed by atoms with van der Waals surface area (Å²) in [6.07, 6.45) is 0.980. The first-order chi connectivity index (χ1) is 15.1. The van der Waals surface area contributed by atoms with Gasteiger partial charge in [-0.05, 0) is 32.3 Å². The zero-order valence-corrected chi connectivity index (χ0v) is 20.4. The number of nitrogens with one attached hydrogen (secondary N) is 1. The molecule has 0 radical (unpaired) electrons. The van der Waals surface area contributed by atoms with E-state index in [1.54, 1.807) is 14.0 Å². The number of carbonyl (C=O) groups excluding carboxylic acids is 2. The first-order valence-corrected chi connectivity index (χ1v) is 11.3. The van der Waals surface area contributed by atoms with Crippen LogP contribution in [0.15, 0.2) is 22.3 Å².